The molecular weight excluding hydrogens is 190 g/mol. The van der Waals surface area contributed by atoms with Crippen molar-refractivity contribution in [2.75, 3.05) is 17.7 Å². The minimum absolute atomic E-state index is 0.545. The first-order valence-corrected chi connectivity index (χ1v) is 4.70. The molecule has 2 N–H and O–H groups in total. The Kier molecular flexibility index (Phi) is 2.58. The molecule has 0 aromatic carbocycles. The fourth-order valence-electron chi connectivity index (χ4n) is 1.47. The summed E-state index contributed by atoms with van der Waals surface area (Å²) in [6.07, 6.45) is 5.07. The van der Waals surface area contributed by atoms with Crippen molar-refractivity contribution in [2.45, 2.75) is 6.54 Å². The monoisotopic (exact) mass is 203 g/mol. The number of aromatic nitrogens is 1. The SMILES string of the molecule is CN(Cc1ccoc1)c1cccnc1N. The summed E-state index contributed by atoms with van der Waals surface area (Å²) in [5.41, 5.74) is 7.82. The summed E-state index contributed by atoms with van der Waals surface area (Å²) in [5.74, 6) is 0.545. The van der Waals surface area contributed by atoms with E-state index in [1.807, 2.05) is 30.1 Å². The van der Waals surface area contributed by atoms with E-state index in [1.54, 1.807) is 18.7 Å². The van der Waals surface area contributed by atoms with Crippen LogP contribution in [0.4, 0.5) is 11.5 Å². The van der Waals surface area contributed by atoms with E-state index in [1.165, 1.54) is 0 Å². The molecule has 0 aliphatic rings. The number of nitrogens with zero attached hydrogens (tertiary/aromatic N) is 2. The molecule has 0 aliphatic carbocycles. The fourth-order valence-corrected chi connectivity index (χ4v) is 1.47. The first-order chi connectivity index (χ1) is 7.27. The highest BCUT2D eigenvalue weighted by molar-refractivity contribution is 5.62. The molecule has 0 saturated carbocycles. The lowest BCUT2D eigenvalue weighted by atomic mass is 10.3. The highest BCUT2D eigenvalue weighted by Gasteiger charge is 2.06. The van der Waals surface area contributed by atoms with Crippen LogP contribution in [0.25, 0.3) is 0 Å². The number of furan rings is 1. The van der Waals surface area contributed by atoms with Gasteiger partial charge in [-0.25, -0.2) is 4.98 Å². The second kappa shape index (κ2) is 4.04. The van der Waals surface area contributed by atoms with Gasteiger partial charge >= 0.3 is 0 Å². The lowest BCUT2D eigenvalue weighted by Crippen LogP contribution is -2.17. The Morgan fingerprint density at radius 1 is 1.47 bits per heavy atom. The molecule has 4 nitrogen and oxygen atoms in total. The number of nitrogens with two attached hydrogens (primary N) is 1. The standard InChI is InChI=1S/C11H13N3O/c1-14(7-9-4-6-15-8-9)10-3-2-5-13-11(10)12/h2-6,8H,7H2,1H3,(H2,12,13). The zero-order chi connectivity index (χ0) is 10.7. The van der Waals surface area contributed by atoms with E-state index in [0.717, 1.165) is 17.8 Å². The van der Waals surface area contributed by atoms with Crippen LogP contribution in [0.3, 0.4) is 0 Å². The van der Waals surface area contributed by atoms with Crippen LogP contribution in [-0.2, 0) is 6.54 Å². The third kappa shape index (κ3) is 2.10. The van der Waals surface area contributed by atoms with Crippen LogP contribution in [-0.4, -0.2) is 12.0 Å². The summed E-state index contributed by atoms with van der Waals surface area (Å²) in [6, 6.07) is 5.75. The second-order valence-electron chi connectivity index (χ2n) is 3.40. The summed E-state index contributed by atoms with van der Waals surface area (Å²) in [4.78, 5) is 6.08. The lowest BCUT2D eigenvalue weighted by molar-refractivity contribution is 0.563. The number of hydrogen-bond donors (Lipinski definition) is 1. The quantitative estimate of drug-likeness (QED) is 0.827. The van der Waals surface area contributed by atoms with Gasteiger partial charge in [0.15, 0.2) is 0 Å². The van der Waals surface area contributed by atoms with Crippen LogP contribution in [0.1, 0.15) is 5.56 Å². The van der Waals surface area contributed by atoms with Crippen LogP contribution >= 0.6 is 0 Å². The maximum absolute atomic E-state index is 5.77. The average molecular weight is 203 g/mol. The third-order valence-electron chi connectivity index (χ3n) is 2.23. The highest BCUT2D eigenvalue weighted by atomic mass is 16.3. The molecule has 0 saturated heterocycles. The van der Waals surface area contributed by atoms with Gasteiger partial charge < -0.3 is 15.1 Å². The van der Waals surface area contributed by atoms with Gasteiger partial charge in [-0.05, 0) is 18.2 Å². The maximum atomic E-state index is 5.77. The number of nitrogen functional groups attached to an aromatic ring is 1. The number of pyridine rings is 1. The Morgan fingerprint density at radius 2 is 2.33 bits per heavy atom. The lowest BCUT2D eigenvalue weighted by Gasteiger charge is -2.19. The van der Waals surface area contributed by atoms with Gasteiger partial charge in [0, 0.05) is 25.4 Å². The molecule has 0 unspecified atom stereocenters. The molecule has 2 aromatic heterocycles. The van der Waals surface area contributed by atoms with Crippen LogP contribution in [0.5, 0.6) is 0 Å². The van der Waals surface area contributed by atoms with E-state index >= 15 is 0 Å². The molecule has 0 atom stereocenters. The second-order valence-corrected chi connectivity index (χ2v) is 3.40. The fraction of sp³-hybridized carbons (Fsp3) is 0.182. The van der Waals surface area contributed by atoms with Gasteiger partial charge in [0.05, 0.1) is 18.2 Å². The predicted molar refractivity (Wildman–Crippen MR) is 59.5 cm³/mol. The molecule has 0 bridgehead atoms. The van der Waals surface area contributed by atoms with Gasteiger partial charge in [0.1, 0.15) is 5.82 Å². The van der Waals surface area contributed by atoms with Gasteiger partial charge in [0.2, 0.25) is 0 Å². The van der Waals surface area contributed by atoms with Gasteiger partial charge in [-0.2, -0.15) is 0 Å². The highest BCUT2D eigenvalue weighted by Crippen LogP contribution is 2.20. The normalized spacial score (nSPS) is 10.2. The minimum atomic E-state index is 0.545. The molecule has 15 heavy (non-hydrogen) atoms. The molecule has 2 heterocycles. The largest absolute Gasteiger partial charge is 0.472 e. The van der Waals surface area contributed by atoms with Crippen molar-refractivity contribution >= 4 is 11.5 Å². The van der Waals surface area contributed by atoms with Crippen molar-refractivity contribution in [1.29, 1.82) is 0 Å². The van der Waals surface area contributed by atoms with Crippen molar-refractivity contribution < 1.29 is 4.42 Å². The van der Waals surface area contributed by atoms with Gasteiger partial charge in [-0.3, -0.25) is 0 Å². The molecule has 2 rings (SSSR count). The smallest absolute Gasteiger partial charge is 0.146 e. The van der Waals surface area contributed by atoms with E-state index < -0.39 is 0 Å². The molecule has 4 heteroatoms. The van der Waals surface area contributed by atoms with Crippen molar-refractivity contribution in [3.63, 3.8) is 0 Å². The Morgan fingerprint density at radius 3 is 3.00 bits per heavy atom. The van der Waals surface area contributed by atoms with Crippen LogP contribution in [0, 0.1) is 0 Å². The Hall–Kier alpha value is -1.97. The van der Waals surface area contributed by atoms with Crippen LogP contribution in [0.15, 0.2) is 41.3 Å². The molecule has 0 aliphatic heterocycles. The van der Waals surface area contributed by atoms with Crippen molar-refractivity contribution in [3.8, 4) is 0 Å². The zero-order valence-corrected chi connectivity index (χ0v) is 8.55. The van der Waals surface area contributed by atoms with Crippen molar-refractivity contribution in [1.82, 2.24) is 4.98 Å². The zero-order valence-electron chi connectivity index (χ0n) is 8.55. The minimum Gasteiger partial charge on any atom is -0.472 e. The van der Waals surface area contributed by atoms with Crippen LogP contribution in [0.2, 0.25) is 0 Å². The molecular formula is C11H13N3O. The number of anilines is 2. The summed E-state index contributed by atoms with van der Waals surface area (Å²) < 4.78 is 5.01. The number of hydrogen-bond acceptors (Lipinski definition) is 4. The van der Waals surface area contributed by atoms with E-state index in [4.69, 9.17) is 10.2 Å². The molecule has 0 amide bonds. The van der Waals surface area contributed by atoms with Gasteiger partial charge in [-0.1, -0.05) is 0 Å². The predicted octanol–water partition coefficient (Wildman–Crippen LogP) is 1.89. The summed E-state index contributed by atoms with van der Waals surface area (Å²) in [7, 11) is 1.97. The Labute approximate surface area is 88.3 Å². The van der Waals surface area contributed by atoms with E-state index in [2.05, 4.69) is 4.98 Å². The maximum Gasteiger partial charge on any atom is 0.146 e. The van der Waals surface area contributed by atoms with E-state index in [9.17, 15) is 0 Å². The molecule has 0 radical (unpaired) electrons. The third-order valence-corrected chi connectivity index (χ3v) is 2.23. The first-order valence-electron chi connectivity index (χ1n) is 4.70. The molecule has 0 spiro atoms. The topological polar surface area (TPSA) is 55.3 Å². The number of rotatable bonds is 3. The summed E-state index contributed by atoms with van der Waals surface area (Å²) >= 11 is 0. The molecule has 0 fully saturated rings. The van der Waals surface area contributed by atoms with Crippen LogP contribution < -0.4 is 10.6 Å². The molecule has 78 valence electrons. The van der Waals surface area contributed by atoms with E-state index in [-0.39, 0.29) is 0 Å². The van der Waals surface area contributed by atoms with E-state index in [0.29, 0.717) is 5.82 Å². The average Bonchev–Trinajstić information content (AvgIpc) is 2.71. The van der Waals surface area contributed by atoms with Crippen molar-refractivity contribution in [3.05, 3.63) is 42.5 Å². The first kappa shape index (κ1) is 9.58. The Bertz CT molecular complexity index is 425. The molecule has 2 aromatic rings. The summed E-state index contributed by atoms with van der Waals surface area (Å²) in [5, 5.41) is 0. The van der Waals surface area contributed by atoms with Gasteiger partial charge in [0.25, 0.3) is 0 Å². The van der Waals surface area contributed by atoms with Gasteiger partial charge in [-0.15, -0.1) is 0 Å². The summed E-state index contributed by atoms with van der Waals surface area (Å²) in [6.45, 7) is 0.756. The Balaban J connectivity index is 2.15. The van der Waals surface area contributed by atoms with Crippen molar-refractivity contribution in [2.24, 2.45) is 0 Å².